The molecule has 0 aliphatic carbocycles. The number of imide groups is 2. The van der Waals surface area contributed by atoms with E-state index < -0.39 is 49.3 Å². The summed E-state index contributed by atoms with van der Waals surface area (Å²) in [5.74, 6) is -6.39. The summed E-state index contributed by atoms with van der Waals surface area (Å²) >= 11 is 0. The zero-order valence-corrected chi connectivity index (χ0v) is 7.72. The number of hydrogen-bond acceptors (Lipinski definition) is 3. The van der Waals surface area contributed by atoms with Gasteiger partial charge in [-0.2, -0.15) is 0 Å². The lowest BCUT2D eigenvalue weighted by atomic mass is 9.72. The zero-order chi connectivity index (χ0) is 17.6. The van der Waals surface area contributed by atoms with Gasteiger partial charge in [-0.3, -0.25) is 20.2 Å². The van der Waals surface area contributed by atoms with Crippen molar-refractivity contribution in [3.05, 3.63) is 12.7 Å². The van der Waals surface area contributed by atoms with Gasteiger partial charge in [-0.1, -0.05) is 19.8 Å². The topological polar surface area (TPSA) is 75.3 Å². The predicted octanol–water partition coefficient (Wildman–Crippen LogP) is 0.571. The van der Waals surface area contributed by atoms with Gasteiger partial charge < -0.3 is 0 Å². The van der Waals surface area contributed by atoms with E-state index in [2.05, 4.69) is 6.58 Å². The average molecular weight is 217 g/mol. The molecule has 0 aromatic rings. The van der Waals surface area contributed by atoms with Gasteiger partial charge in [0.15, 0.2) is 0 Å². The molecule has 15 heavy (non-hydrogen) atoms. The van der Waals surface area contributed by atoms with Gasteiger partial charge in [0, 0.05) is 9.60 Å². The van der Waals surface area contributed by atoms with Crippen molar-refractivity contribution in [2.75, 3.05) is 0 Å². The van der Waals surface area contributed by atoms with Crippen molar-refractivity contribution in [3.63, 3.8) is 0 Å². The Hall–Kier alpha value is -1.65. The molecule has 0 radical (unpaired) electrons. The smallest absolute Gasteiger partial charge is 0.277 e. The lowest BCUT2D eigenvalue weighted by Gasteiger charge is -2.36. The van der Waals surface area contributed by atoms with Gasteiger partial charge in [-0.05, 0) is 12.3 Å². The molecule has 2 N–H and O–H groups in total. The van der Waals surface area contributed by atoms with E-state index in [-0.39, 0.29) is 0 Å². The Labute approximate surface area is 97.7 Å². The molecular weight excluding hydrogens is 196 g/mol. The fraction of sp³-hybridized carbons (Fsp3) is 0.500. The monoisotopic (exact) mass is 217 g/mol. The van der Waals surface area contributed by atoms with E-state index >= 15 is 0 Å². The molecule has 0 bridgehead atoms. The van der Waals surface area contributed by atoms with Crippen LogP contribution >= 0.6 is 0 Å². The number of rotatable bonds is 3. The van der Waals surface area contributed by atoms with E-state index in [1.807, 2.05) is 0 Å². The lowest BCUT2D eigenvalue weighted by Crippen LogP contribution is -2.64. The molecular formula is C10H14N2O3. The summed E-state index contributed by atoms with van der Waals surface area (Å²) in [5, 5.41) is 3.32. The largest absolute Gasteiger partial charge is 0.328 e. The lowest BCUT2D eigenvalue weighted by molar-refractivity contribution is -0.147. The molecule has 0 saturated carbocycles. The van der Waals surface area contributed by atoms with Crippen LogP contribution in [0.15, 0.2) is 12.7 Å². The van der Waals surface area contributed by atoms with Crippen LogP contribution in [0.1, 0.15) is 29.7 Å². The van der Waals surface area contributed by atoms with Crippen molar-refractivity contribution in [2.45, 2.75) is 20.1 Å². The molecule has 0 spiro atoms. The highest BCUT2D eigenvalue weighted by atomic mass is 16.2. The summed E-state index contributed by atoms with van der Waals surface area (Å²) in [6.07, 6.45) is 0.216. The van der Waals surface area contributed by atoms with Crippen molar-refractivity contribution >= 4 is 17.8 Å². The molecule has 5 nitrogen and oxygen atoms in total. The second-order valence-corrected chi connectivity index (χ2v) is 3.01. The summed E-state index contributed by atoms with van der Waals surface area (Å²) in [7, 11) is 0. The van der Waals surface area contributed by atoms with Gasteiger partial charge in [-0.25, -0.2) is 4.79 Å². The first kappa shape index (κ1) is 4.92. The van der Waals surface area contributed by atoms with Crippen LogP contribution in [0.2, 0.25) is 0 Å². The number of hydrogen-bond donors (Lipinski definition) is 2. The summed E-state index contributed by atoms with van der Waals surface area (Å²) in [5.41, 5.74) is -2.85. The van der Waals surface area contributed by atoms with E-state index in [1.54, 1.807) is 10.6 Å². The van der Waals surface area contributed by atoms with Crippen LogP contribution in [0, 0.1) is 11.3 Å². The van der Waals surface area contributed by atoms with E-state index in [1.165, 1.54) is 0 Å². The van der Waals surface area contributed by atoms with Crippen LogP contribution in [0.4, 0.5) is 4.79 Å². The molecule has 1 heterocycles. The first-order valence-electron chi connectivity index (χ1n) is 7.53. The molecule has 1 saturated heterocycles. The van der Waals surface area contributed by atoms with Crippen LogP contribution in [0.3, 0.4) is 0 Å². The van der Waals surface area contributed by atoms with Crippen LogP contribution < -0.4 is 10.6 Å². The van der Waals surface area contributed by atoms with Gasteiger partial charge in [0.05, 0.1) is 0 Å². The van der Waals surface area contributed by atoms with Crippen molar-refractivity contribution in [3.8, 4) is 0 Å². The van der Waals surface area contributed by atoms with Gasteiger partial charge in [0.2, 0.25) is 11.8 Å². The van der Waals surface area contributed by atoms with Gasteiger partial charge in [0.25, 0.3) is 0 Å². The Morgan fingerprint density at radius 2 is 2.00 bits per heavy atom. The number of amides is 4. The molecule has 0 unspecified atom stereocenters. The Morgan fingerprint density at radius 3 is 2.40 bits per heavy atom. The summed E-state index contributed by atoms with van der Waals surface area (Å²) in [6, 6.07) is -1.21. The van der Waals surface area contributed by atoms with E-state index in [0.717, 1.165) is 6.08 Å². The third-order valence-electron chi connectivity index (χ3n) is 2.11. The Bertz CT molecular complexity index is 504. The van der Waals surface area contributed by atoms with Crippen LogP contribution in [0.25, 0.3) is 0 Å². The molecule has 0 aromatic heterocycles. The number of carbonyl (C=O) groups is 3. The number of nitrogens with one attached hydrogen (secondary N) is 2. The van der Waals surface area contributed by atoms with Gasteiger partial charge >= 0.3 is 6.03 Å². The van der Waals surface area contributed by atoms with Crippen LogP contribution in [-0.4, -0.2) is 17.8 Å². The Balaban J connectivity index is 3.77. The average Bonchev–Trinajstić information content (AvgIpc) is 2.30. The quantitative estimate of drug-likeness (QED) is 0.536. The molecule has 1 aliphatic rings. The van der Waals surface area contributed by atoms with Crippen molar-refractivity contribution < 1.29 is 24.0 Å². The highest BCUT2D eigenvalue weighted by molar-refractivity contribution is 6.19. The highest BCUT2D eigenvalue weighted by Gasteiger charge is 2.51. The first-order valence-corrected chi connectivity index (χ1v) is 4.03. The zero-order valence-electron chi connectivity index (χ0n) is 14.7. The second-order valence-electron chi connectivity index (χ2n) is 3.01. The summed E-state index contributed by atoms with van der Waals surface area (Å²) in [6.45, 7) is -3.77. The number of barbiturate groups is 1. The highest BCUT2D eigenvalue weighted by Crippen LogP contribution is 2.34. The van der Waals surface area contributed by atoms with Gasteiger partial charge in [0.1, 0.15) is 5.41 Å². The maximum atomic E-state index is 12.2. The Kier molecular flexibility index (Phi) is 1.26. The van der Waals surface area contributed by atoms with Gasteiger partial charge in [-0.15, -0.1) is 6.58 Å². The third kappa shape index (κ3) is 1.65. The van der Waals surface area contributed by atoms with E-state index in [4.69, 9.17) is 9.60 Å². The molecule has 0 aromatic carbocycles. The van der Waals surface area contributed by atoms with Crippen LogP contribution in [-0.2, 0) is 9.59 Å². The molecule has 1 rings (SSSR count). The van der Waals surface area contributed by atoms with Crippen molar-refractivity contribution in [1.29, 1.82) is 0 Å². The minimum Gasteiger partial charge on any atom is -0.277 e. The normalized spacial score (nSPS) is 29.1. The molecule has 1 aliphatic heterocycles. The predicted molar refractivity (Wildman–Crippen MR) is 53.8 cm³/mol. The SMILES string of the molecule is [2H]C([2H])([2H])C([2H])(C([2H])([2H])[2H])C1(CC=C)C(=O)NC(=O)NC1=O. The maximum absolute atomic E-state index is 12.2. The fourth-order valence-corrected chi connectivity index (χ4v) is 1.29. The summed E-state index contributed by atoms with van der Waals surface area (Å²) in [4.78, 5) is 35.6. The molecule has 5 heteroatoms. The van der Waals surface area contributed by atoms with Crippen LogP contribution in [0.5, 0.6) is 0 Å². The molecule has 4 amide bonds. The maximum Gasteiger partial charge on any atom is 0.328 e. The number of carbonyl (C=O) groups excluding carboxylic acids is 3. The first-order chi connectivity index (χ1) is 9.75. The van der Waals surface area contributed by atoms with Crippen molar-refractivity contribution in [1.82, 2.24) is 10.6 Å². The second kappa shape index (κ2) is 3.84. The summed E-state index contributed by atoms with van der Waals surface area (Å²) < 4.78 is 52.6. The Morgan fingerprint density at radius 1 is 1.47 bits per heavy atom. The van der Waals surface area contributed by atoms with E-state index in [0.29, 0.717) is 0 Å². The van der Waals surface area contributed by atoms with Crippen molar-refractivity contribution in [2.24, 2.45) is 11.3 Å². The molecule has 82 valence electrons. The minimum absolute atomic E-state index is 0.738. The fourth-order valence-electron chi connectivity index (χ4n) is 1.29. The molecule has 0 atom stereocenters. The minimum atomic E-state index is -3.52. The molecule has 1 fully saturated rings. The number of allylic oxidation sites excluding steroid dienone is 1. The van der Waals surface area contributed by atoms with E-state index in [9.17, 15) is 14.4 Å². The third-order valence-corrected chi connectivity index (χ3v) is 2.11. The standard InChI is InChI=1S/C10H14N2O3/c1-4-5-10(6(2)3)7(13)11-9(15)12-8(10)14/h4,6H,1,5H2,2-3H3,(H2,11,12,13,14,15)/i2D3,3D3,6D. The number of urea groups is 1.